The maximum atomic E-state index is 13.1. The Morgan fingerprint density at radius 2 is 1.68 bits per heavy atom. The molecule has 0 N–H and O–H groups in total. The van der Waals surface area contributed by atoms with E-state index in [9.17, 15) is 21.8 Å². The number of aryl methyl sites for hydroxylation is 1. The van der Waals surface area contributed by atoms with E-state index in [1.54, 1.807) is 24.3 Å². The van der Waals surface area contributed by atoms with Crippen LogP contribution in [-0.2, 0) is 16.5 Å². The van der Waals surface area contributed by atoms with E-state index < -0.39 is 21.8 Å². The van der Waals surface area contributed by atoms with Crippen LogP contribution in [0.5, 0.6) is 0 Å². The SMILES string of the molecule is O=S(=O)([O-])C(F)(F)CCc1cccc2ccccc12. The summed E-state index contributed by atoms with van der Waals surface area (Å²) in [5.41, 5.74) is 0.599. The van der Waals surface area contributed by atoms with Crippen molar-refractivity contribution in [2.24, 2.45) is 0 Å². The third kappa shape index (κ3) is 2.90. The molecule has 0 aliphatic rings. The number of halogens is 2. The Morgan fingerprint density at radius 3 is 2.37 bits per heavy atom. The van der Waals surface area contributed by atoms with Crippen molar-refractivity contribution >= 4 is 20.9 Å². The van der Waals surface area contributed by atoms with Crippen LogP contribution in [0.3, 0.4) is 0 Å². The molecule has 3 nitrogen and oxygen atoms in total. The van der Waals surface area contributed by atoms with Gasteiger partial charge in [-0.25, -0.2) is 8.42 Å². The summed E-state index contributed by atoms with van der Waals surface area (Å²) in [5.74, 6) is 0. The zero-order valence-corrected chi connectivity index (χ0v) is 10.7. The lowest BCUT2D eigenvalue weighted by molar-refractivity contribution is 0.0705. The second kappa shape index (κ2) is 4.86. The Kier molecular flexibility index (Phi) is 3.56. The molecule has 2 aromatic rings. The maximum absolute atomic E-state index is 13.1. The van der Waals surface area contributed by atoms with Gasteiger partial charge in [0, 0.05) is 6.42 Å². The molecule has 0 aromatic heterocycles. The molecular weight excluding hydrogens is 274 g/mol. The van der Waals surface area contributed by atoms with Crippen LogP contribution < -0.4 is 0 Å². The highest BCUT2D eigenvalue weighted by Crippen LogP contribution is 2.28. The van der Waals surface area contributed by atoms with Gasteiger partial charge >= 0.3 is 5.25 Å². The molecule has 0 aliphatic carbocycles. The van der Waals surface area contributed by atoms with Crippen molar-refractivity contribution in [2.75, 3.05) is 0 Å². The number of rotatable bonds is 4. The zero-order chi connectivity index (χ0) is 14.1. The van der Waals surface area contributed by atoms with E-state index in [1.807, 2.05) is 18.2 Å². The fourth-order valence-electron chi connectivity index (χ4n) is 1.92. The predicted molar refractivity (Wildman–Crippen MR) is 66.9 cm³/mol. The van der Waals surface area contributed by atoms with Crippen molar-refractivity contribution < 1.29 is 21.8 Å². The minimum Gasteiger partial charge on any atom is -0.743 e. The fourth-order valence-corrected chi connectivity index (χ4v) is 2.27. The zero-order valence-electron chi connectivity index (χ0n) is 9.84. The smallest absolute Gasteiger partial charge is 0.334 e. The summed E-state index contributed by atoms with van der Waals surface area (Å²) in [5, 5.41) is -2.57. The van der Waals surface area contributed by atoms with Crippen molar-refractivity contribution in [2.45, 2.75) is 18.1 Å². The van der Waals surface area contributed by atoms with E-state index in [-0.39, 0.29) is 6.42 Å². The lowest BCUT2D eigenvalue weighted by Crippen LogP contribution is -2.28. The van der Waals surface area contributed by atoms with Gasteiger partial charge in [-0.15, -0.1) is 0 Å². The average molecular weight is 285 g/mol. The molecule has 0 heterocycles. The highest BCUT2D eigenvalue weighted by molar-refractivity contribution is 7.86. The molecule has 19 heavy (non-hydrogen) atoms. The van der Waals surface area contributed by atoms with Crippen LogP contribution in [0.2, 0.25) is 0 Å². The number of alkyl halides is 2. The summed E-state index contributed by atoms with van der Waals surface area (Å²) in [6.45, 7) is 0. The van der Waals surface area contributed by atoms with Gasteiger partial charge in [-0.3, -0.25) is 0 Å². The standard InChI is InChI=1S/C13H12F2O3S/c14-13(15,19(16,17)18)9-8-11-6-3-5-10-4-1-2-7-12(10)11/h1-7H,8-9H2,(H,16,17,18)/p-1. The fraction of sp³-hybridized carbons (Fsp3) is 0.231. The van der Waals surface area contributed by atoms with Crippen LogP contribution in [0, 0.1) is 0 Å². The van der Waals surface area contributed by atoms with Crippen LogP contribution in [0.1, 0.15) is 12.0 Å². The molecule has 0 aliphatic heterocycles. The van der Waals surface area contributed by atoms with E-state index in [2.05, 4.69) is 0 Å². The van der Waals surface area contributed by atoms with Gasteiger partial charge in [0.25, 0.3) is 0 Å². The van der Waals surface area contributed by atoms with Gasteiger partial charge in [0.2, 0.25) is 0 Å². The summed E-state index contributed by atoms with van der Waals surface area (Å²) >= 11 is 0. The number of hydrogen-bond donors (Lipinski definition) is 0. The number of benzene rings is 2. The van der Waals surface area contributed by atoms with Crippen molar-refractivity contribution in [3.05, 3.63) is 48.0 Å². The van der Waals surface area contributed by atoms with Gasteiger partial charge < -0.3 is 4.55 Å². The minimum atomic E-state index is -5.61. The predicted octanol–water partition coefficient (Wildman–Crippen LogP) is 2.91. The summed E-state index contributed by atoms with van der Waals surface area (Å²) in [7, 11) is -5.61. The molecule has 0 unspecified atom stereocenters. The number of fused-ring (bicyclic) bond motifs is 1. The quantitative estimate of drug-likeness (QED) is 0.812. The molecule has 0 atom stereocenters. The molecule has 0 saturated heterocycles. The summed E-state index contributed by atoms with van der Waals surface area (Å²) in [4.78, 5) is 0. The molecule has 0 bridgehead atoms. The normalized spacial score (nSPS) is 12.8. The van der Waals surface area contributed by atoms with Gasteiger partial charge in [-0.2, -0.15) is 8.78 Å². The Balaban J connectivity index is 2.28. The molecular formula is C13H11F2O3S-. The lowest BCUT2D eigenvalue weighted by atomic mass is 10.0. The highest BCUT2D eigenvalue weighted by Gasteiger charge is 2.36. The van der Waals surface area contributed by atoms with E-state index in [4.69, 9.17) is 0 Å². The van der Waals surface area contributed by atoms with Crippen molar-refractivity contribution in [1.82, 2.24) is 0 Å². The molecule has 0 amide bonds. The Labute approximate surface area is 109 Å². The second-order valence-electron chi connectivity index (χ2n) is 4.23. The van der Waals surface area contributed by atoms with E-state index >= 15 is 0 Å². The van der Waals surface area contributed by atoms with Gasteiger partial charge in [0.1, 0.15) is 0 Å². The molecule has 2 aromatic carbocycles. The van der Waals surface area contributed by atoms with Gasteiger partial charge in [0.15, 0.2) is 10.1 Å². The highest BCUT2D eigenvalue weighted by atomic mass is 32.2. The maximum Gasteiger partial charge on any atom is 0.334 e. The monoisotopic (exact) mass is 285 g/mol. The van der Waals surface area contributed by atoms with Gasteiger partial charge in [-0.1, -0.05) is 42.5 Å². The molecule has 102 valence electrons. The number of hydrogen-bond acceptors (Lipinski definition) is 3. The average Bonchev–Trinajstić information content (AvgIpc) is 2.35. The van der Waals surface area contributed by atoms with Crippen molar-refractivity contribution in [3.8, 4) is 0 Å². The Morgan fingerprint density at radius 1 is 1.05 bits per heavy atom. The third-order valence-corrected chi connectivity index (χ3v) is 3.87. The van der Waals surface area contributed by atoms with E-state index in [0.717, 1.165) is 10.8 Å². The van der Waals surface area contributed by atoms with E-state index in [1.165, 1.54) is 0 Å². The van der Waals surface area contributed by atoms with Gasteiger partial charge in [-0.05, 0) is 22.8 Å². The van der Waals surface area contributed by atoms with Crippen LogP contribution in [0.4, 0.5) is 8.78 Å². The van der Waals surface area contributed by atoms with Gasteiger partial charge in [0.05, 0.1) is 0 Å². The molecule has 0 saturated carbocycles. The van der Waals surface area contributed by atoms with Crippen LogP contribution in [-0.4, -0.2) is 18.2 Å². The van der Waals surface area contributed by atoms with Crippen LogP contribution >= 0.6 is 0 Å². The van der Waals surface area contributed by atoms with Crippen molar-refractivity contribution in [1.29, 1.82) is 0 Å². The summed E-state index contributed by atoms with van der Waals surface area (Å²) in [6, 6.07) is 12.4. The van der Waals surface area contributed by atoms with Crippen LogP contribution in [0.25, 0.3) is 10.8 Å². The molecule has 0 spiro atoms. The first-order valence-corrected chi connectivity index (χ1v) is 7.02. The largest absolute Gasteiger partial charge is 0.743 e. The molecule has 2 rings (SSSR count). The summed E-state index contributed by atoms with van der Waals surface area (Å²) < 4.78 is 57.5. The molecule has 0 fully saturated rings. The summed E-state index contributed by atoms with van der Waals surface area (Å²) in [6.07, 6.45) is -1.18. The first kappa shape index (κ1) is 13.9. The second-order valence-corrected chi connectivity index (χ2v) is 5.74. The minimum absolute atomic E-state index is 0.171. The van der Waals surface area contributed by atoms with Crippen LogP contribution in [0.15, 0.2) is 42.5 Å². The first-order chi connectivity index (χ1) is 8.81. The van der Waals surface area contributed by atoms with E-state index in [0.29, 0.717) is 5.56 Å². The topological polar surface area (TPSA) is 57.2 Å². The first-order valence-electron chi connectivity index (χ1n) is 5.61. The molecule has 6 heteroatoms. The third-order valence-electron chi connectivity index (χ3n) is 2.93. The lowest BCUT2D eigenvalue weighted by Gasteiger charge is -2.20. The van der Waals surface area contributed by atoms with Crippen molar-refractivity contribution in [3.63, 3.8) is 0 Å². The molecule has 0 radical (unpaired) electrons. The Hall–Kier alpha value is -1.53. The Bertz CT molecular complexity index is 691.